The van der Waals surface area contributed by atoms with E-state index >= 15 is 0 Å². The van der Waals surface area contributed by atoms with Crippen molar-refractivity contribution in [2.45, 2.75) is 26.7 Å². The Labute approximate surface area is 95.3 Å². The van der Waals surface area contributed by atoms with E-state index in [1.807, 2.05) is 30.3 Å². The predicted molar refractivity (Wildman–Crippen MR) is 64.6 cm³/mol. The number of hydrogen-bond acceptors (Lipinski definition) is 2. The largest absolute Gasteiger partial charge is 0.453 e. The van der Waals surface area contributed by atoms with E-state index < -0.39 is 0 Å². The SMILES string of the molecule is CCC(C)CC(=O)c1cc2ccccc2o1. The summed E-state index contributed by atoms with van der Waals surface area (Å²) in [5.74, 6) is 1.01. The lowest BCUT2D eigenvalue weighted by Gasteiger charge is -2.04. The van der Waals surface area contributed by atoms with Crippen molar-refractivity contribution in [2.24, 2.45) is 5.92 Å². The molecule has 0 N–H and O–H groups in total. The van der Waals surface area contributed by atoms with Crippen LogP contribution in [0.5, 0.6) is 0 Å². The van der Waals surface area contributed by atoms with Crippen LogP contribution in [0.4, 0.5) is 0 Å². The summed E-state index contributed by atoms with van der Waals surface area (Å²) in [7, 11) is 0. The number of hydrogen-bond donors (Lipinski definition) is 0. The first kappa shape index (κ1) is 10.9. The molecule has 16 heavy (non-hydrogen) atoms. The maximum absolute atomic E-state index is 11.9. The summed E-state index contributed by atoms with van der Waals surface area (Å²) in [4.78, 5) is 11.9. The molecule has 1 unspecified atom stereocenters. The molecular weight excluding hydrogens is 200 g/mol. The second-order valence-electron chi connectivity index (χ2n) is 4.29. The molecule has 84 valence electrons. The summed E-state index contributed by atoms with van der Waals surface area (Å²) < 4.78 is 5.53. The van der Waals surface area contributed by atoms with E-state index in [1.165, 1.54) is 0 Å². The van der Waals surface area contributed by atoms with Gasteiger partial charge in [-0.1, -0.05) is 38.5 Å². The Balaban J connectivity index is 2.23. The molecule has 0 amide bonds. The molecule has 2 rings (SSSR count). The molecule has 0 saturated carbocycles. The zero-order chi connectivity index (χ0) is 11.5. The van der Waals surface area contributed by atoms with Gasteiger partial charge in [0.05, 0.1) is 0 Å². The number of ketones is 1. The van der Waals surface area contributed by atoms with Crippen LogP contribution in [0.25, 0.3) is 11.0 Å². The maximum atomic E-state index is 11.9. The van der Waals surface area contributed by atoms with E-state index in [0.717, 1.165) is 17.4 Å². The highest BCUT2D eigenvalue weighted by atomic mass is 16.3. The first-order valence-electron chi connectivity index (χ1n) is 5.72. The summed E-state index contributed by atoms with van der Waals surface area (Å²) in [6.07, 6.45) is 1.59. The molecule has 0 aliphatic rings. The van der Waals surface area contributed by atoms with Gasteiger partial charge in [0, 0.05) is 11.8 Å². The summed E-state index contributed by atoms with van der Waals surface area (Å²) >= 11 is 0. The number of Topliss-reactive ketones (excluding diaryl/α,β-unsaturated/α-hetero) is 1. The van der Waals surface area contributed by atoms with Gasteiger partial charge >= 0.3 is 0 Å². The van der Waals surface area contributed by atoms with Crippen LogP contribution in [0.3, 0.4) is 0 Å². The molecule has 0 fully saturated rings. The highest BCUT2D eigenvalue weighted by molar-refractivity contribution is 5.97. The minimum Gasteiger partial charge on any atom is -0.453 e. The van der Waals surface area contributed by atoms with Crippen molar-refractivity contribution in [3.63, 3.8) is 0 Å². The average molecular weight is 216 g/mol. The van der Waals surface area contributed by atoms with Crippen LogP contribution < -0.4 is 0 Å². The summed E-state index contributed by atoms with van der Waals surface area (Å²) in [5, 5.41) is 0.995. The molecule has 1 heterocycles. The van der Waals surface area contributed by atoms with Crippen molar-refractivity contribution in [1.29, 1.82) is 0 Å². The van der Waals surface area contributed by atoms with Crippen molar-refractivity contribution < 1.29 is 9.21 Å². The lowest BCUT2D eigenvalue weighted by molar-refractivity contribution is 0.0938. The fourth-order valence-corrected chi connectivity index (χ4v) is 1.68. The van der Waals surface area contributed by atoms with Crippen molar-refractivity contribution in [1.82, 2.24) is 0 Å². The van der Waals surface area contributed by atoms with Gasteiger partial charge in [-0.05, 0) is 18.1 Å². The monoisotopic (exact) mass is 216 g/mol. The van der Waals surface area contributed by atoms with Crippen LogP contribution in [0, 0.1) is 5.92 Å². The Morgan fingerprint density at radius 3 is 2.81 bits per heavy atom. The molecule has 1 atom stereocenters. The topological polar surface area (TPSA) is 30.2 Å². The average Bonchev–Trinajstić information content (AvgIpc) is 2.72. The van der Waals surface area contributed by atoms with Gasteiger partial charge in [0.15, 0.2) is 11.5 Å². The van der Waals surface area contributed by atoms with E-state index in [2.05, 4.69) is 13.8 Å². The molecule has 0 radical (unpaired) electrons. The number of benzene rings is 1. The fraction of sp³-hybridized carbons (Fsp3) is 0.357. The number of fused-ring (bicyclic) bond motifs is 1. The molecule has 0 bridgehead atoms. The lowest BCUT2D eigenvalue weighted by Crippen LogP contribution is -2.03. The van der Waals surface area contributed by atoms with Crippen LogP contribution >= 0.6 is 0 Å². The minimum absolute atomic E-state index is 0.102. The van der Waals surface area contributed by atoms with Crippen LogP contribution in [-0.2, 0) is 0 Å². The Morgan fingerprint density at radius 1 is 1.38 bits per heavy atom. The van der Waals surface area contributed by atoms with Gasteiger partial charge in [0.1, 0.15) is 5.58 Å². The first-order valence-corrected chi connectivity index (χ1v) is 5.72. The molecule has 0 saturated heterocycles. The Hall–Kier alpha value is -1.57. The third-order valence-electron chi connectivity index (χ3n) is 2.93. The van der Waals surface area contributed by atoms with Crippen LogP contribution in [0.15, 0.2) is 34.7 Å². The maximum Gasteiger partial charge on any atom is 0.198 e. The molecule has 0 spiro atoms. The Kier molecular flexibility index (Phi) is 3.09. The number of rotatable bonds is 4. The van der Waals surface area contributed by atoms with Crippen molar-refractivity contribution in [3.05, 3.63) is 36.1 Å². The third-order valence-corrected chi connectivity index (χ3v) is 2.93. The Bertz CT molecular complexity index is 463. The van der Waals surface area contributed by atoms with Gasteiger partial charge in [-0.15, -0.1) is 0 Å². The highest BCUT2D eigenvalue weighted by Gasteiger charge is 2.14. The predicted octanol–water partition coefficient (Wildman–Crippen LogP) is 4.05. The number of furan rings is 1. The van der Waals surface area contributed by atoms with Crippen molar-refractivity contribution in [2.75, 3.05) is 0 Å². The molecule has 0 aliphatic carbocycles. The zero-order valence-corrected chi connectivity index (χ0v) is 9.69. The summed E-state index contributed by atoms with van der Waals surface area (Å²) in [5.41, 5.74) is 0.787. The van der Waals surface area contributed by atoms with E-state index in [0.29, 0.717) is 18.1 Å². The number of para-hydroxylation sites is 1. The molecule has 1 aromatic heterocycles. The van der Waals surface area contributed by atoms with Gasteiger partial charge < -0.3 is 4.42 Å². The molecule has 0 aliphatic heterocycles. The van der Waals surface area contributed by atoms with Crippen LogP contribution in [0.1, 0.15) is 37.2 Å². The fourth-order valence-electron chi connectivity index (χ4n) is 1.68. The zero-order valence-electron chi connectivity index (χ0n) is 9.69. The lowest BCUT2D eigenvalue weighted by atomic mass is 10.0. The smallest absolute Gasteiger partial charge is 0.198 e. The van der Waals surface area contributed by atoms with Crippen molar-refractivity contribution >= 4 is 16.8 Å². The first-order chi connectivity index (χ1) is 7.70. The van der Waals surface area contributed by atoms with Gasteiger partial charge in [0.2, 0.25) is 0 Å². The molecule has 2 heteroatoms. The van der Waals surface area contributed by atoms with Gasteiger partial charge in [-0.3, -0.25) is 4.79 Å². The Morgan fingerprint density at radius 2 is 2.12 bits per heavy atom. The van der Waals surface area contributed by atoms with E-state index in [9.17, 15) is 4.79 Å². The quantitative estimate of drug-likeness (QED) is 0.722. The van der Waals surface area contributed by atoms with Gasteiger partial charge in [0.25, 0.3) is 0 Å². The second-order valence-corrected chi connectivity index (χ2v) is 4.29. The highest BCUT2D eigenvalue weighted by Crippen LogP contribution is 2.21. The van der Waals surface area contributed by atoms with Crippen LogP contribution in [0.2, 0.25) is 0 Å². The molecular formula is C14H16O2. The van der Waals surface area contributed by atoms with E-state index in [-0.39, 0.29) is 5.78 Å². The van der Waals surface area contributed by atoms with E-state index in [4.69, 9.17) is 4.42 Å². The molecule has 1 aromatic carbocycles. The summed E-state index contributed by atoms with van der Waals surface area (Å²) in [6, 6.07) is 9.53. The third kappa shape index (κ3) is 2.16. The van der Waals surface area contributed by atoms with E-state index in [1.54, 1.807) is 0 Å². The summed E-state index contributed by atoms with van der Waals surface area (Å²) in [6.45, 7) is 4.18. The second kappa shape index (κ2) is 4.52. The van der Waals surface area contributed by atoms with Crippen molar-refractivity contribution in [3.8, 4) is 0 Å². The number of carbonyl (C=O) groups excluding carboxylic acids is 1. The molecule has 2 aromatic rings. The normalized spacial score (nSPS) is 12.9. The molecule has 2 nitrogen and oxygen atoms in total. The van der Waals surface area contributed by atoms with Gasteiger partial charge in [-0.2, -0.15) is 0 Å². The number of carbonyl (C=O) groups is 1. The standard InChI is InChI=1S/C14H16O2/c1-3-10(2)8-12(15)14-9-11-6-4-5-7-13(11)16-14/h4-7,9-10H,3,8H2,1-2H3. The minimum atomic E-state index is 0.102. The van der Waals surface area contributed by atoms with Gasteiger partial charge in [-0.25, -0.2) is 0 Å². The van der Waals surface area contributed by atoms with Crippen LogP contribution in [-0.4, -0.2) is 5.78 Å².